The van der Waals surface area contributed by atoms with Gasteiger partial charge >= 0.3 is 0 Å². The van der Waals surface area contributed by atoms with Crippen molar-refractivity contribution in [2.24, 2.45) is 5.92 Å². The summed E-state index contributed by atoms with van der Waals surface area (Å²) in [4.78, 5) is 2.50. The first-order valence-electron chi connectivity index (χ1n) is 5.72. The van der Waals surface area contributed by atoms with E-state index in [1.807, 2.05) is 0 Å². The molecule has 1 N–H and O–H groups in total. The van der Waals surface area contributed by atoms with Crippen molar-refractivity contribution in [2.45, 2.75) is 26.3 Å². The number of piperazine rings is 1. The van der Waals surface area contributed by atoms with Crippen LogP contribution in [0.4, 0.5) is 0 Å². The molecule has 0 aliphatic carbocycles. The molecule has 0 aromatic carbocycles. The Labute approximate surface area is 87.8 Å². The van der Waals surface area contributed by atoms with Gasteiger partial charge in [0.05, 0.1) is 6.61 Å². The number of hydrogen-bond donors (Lipinski definition) is 1. The summed E-state index contributed by atoms with van der Waals surface area (Å²) in [7, 11) is 1.77. The van der Waals surface area contributed by atoms with Crippen molar-refractivity contribution in [1.29, 1.82) is 0 Å². The highest BCUT2D eigenvalue weighted by atomic mass is 16.5. The second-order valence-electron chi connectivity index (χ2n) is 4.24. The minimum absolute atomic E-state index is 0.672. The molecule has 0 bridgehead atoms. The zero-order chi connectivity index (χ0) is 10.4. The SMILES string of the molecule is CCC(C)C1CN(CCOC)CCN1. The Bertz CT molecular complexity index is 152. The fourth-order valence-electron chi connectivity index (χ4n) is 1.93. The molecule has 1 aliphatic heterocycles. The van der Waals surface area contributed by atoms with Crippen molar-refractivity contribution in [2.75, 3.05) is 39.9 Å². The van der Waals surface area contributed by atoms with E-state index < -0.39 is 0 Å². The first kappa shape index (κ1) is 12.0. The van der Waals surface area contributed by atoms with E-state index in [9.17, 15) is 0 Å². The molecule has 0 amide bonds. The Morgan fingerprint density at radius 3 is 3.00 bits per heavy atom. The predicted molar refractivity (Wildman–Crippen MR) is 59.6 cm³/mol. The summed E-state index contributed by atoms with van der Waals surface area (Å²) in [6.07, 6.45) is 1.26. The van der Waals surface area contributed by atoms with E-state index in [0.717, 1.165) is 32.2 Å². The van der Waals surface area contributed by atoms with Crippen LogP contribution in [-0.4, -0.2) is 50.8 Å². The molecule has 0 saturated carbocycles. The summed E-state index contributed by atoms with van der Waals surface area (Å²) >= 11 is 0. The zero-order valence-electron chi connectivity index (χ0n) is 9.75. The van der Waals surface area contributed by atoms with Crippen LogP contribution in [0.5, 0.6) is 0 Å². The maximum atomic E-state index is 5.10. The van der Waals surface area contributed by atoms with E-state index in [2.05, 4.69) is 24.1 Å². The standard InChI is InChI=1S/C11H24N2O/c1-4-10(2)11-9-13(6-5-12-11)7-8-14-3/h10-12H,4-9H2,1-3H3. The quantitative estimate of drug-likeness (QED) is 0.715. The molecule has 3 heteroatoms. The minimum Gasteiger partial charge on any atom is -0.383 e. The molecule has 0 aromatic rings. The maximum absolute atomic E-state index is 5.10. The van der Waals surface area contributed by atoms with Crippen LogP contribution < -0.4 is 5.32 Å². The Kier molecular flexibility index (Phi) is 5.45. The van der Waals surface area contributed by atoms with Crippen LogP contribution in [0.1, 0.15) is 20.3 Å². The molecule has 2 atom stereocenters. The van der Waals surface area contributed by atoms with Gasteiger partial charge in [0.15, 0.2) is 0 Å². The number of methoxy groups -OCH3 is 1. The lowest BCUT2D eigenvalue weighted by Gasteiger charge is -2.36. The number of rotatable bonds is 5. The molecule has 0 aromatic heterocycles. The van der Waals surface area contributed by atoms with E-state index in [0.29, 0.717) is 6.04 Å². The number of nitrogens with one attached hydrogen (secondary N) is 1. The van der Waals surface area contributed by atoms with Crippen molar-refractivity contribution in [3.8, 4) is 0 Å². The molecule has 2 unspecified atom stereocenters. The van der Waals surface area contributed by atoms with Crippen LogP contribution in [-0.2, 0) is 4.74 Å². The van der Waals surface area contributed by atoms with Crippen LogP contribution in [0.25, 0.3) is 0 Å². The number of nitrogens with zero attached hydrogens (tertiary/aromatic N) is 1. The molecule has 1 rings (SSSR count). The van der Waals surface area contributed by atoms with Gasteiger partial charge in [0.2, 0.25) is 0 Å². The summed E-state index contributed by atoms with van der Waals surface area (Å²) < 4.78 is 5.10. The monoisotopic (exact) mass is 200 g/mol. The van der Waals surface area contributed by atoms with Crippen molar-refractivity contribution >= 4 is 0 Å². The Balaban J connectivity index is 2.28. The van der Waals surface area contributed by atoms with Gasteiger partial charge in [-0.15, -0.1) is 0 Å². The van der Waals surface area contributed by atoms with E-state index >= 15 is 0 Å². The smallest absolute Gasteiger partial charge is 0.0589 e. The molecule has 84 valence electrons. The third-order valence-electron chi connectivity index (χ3n) is 3.23. The van der Waals surface area contributed by atoms with E-state index in [4.69, 9.17) is 4.74 Å². The molecule has 0 radical (unpaired) electrons. The lowest BCUT2D eigenvalue weighted by molar-refractivity contribution is 0.114. The summed E-state index contributed by atoms with van der Waals surface area (Å²) in [6.45, 7) is 9.99. The van der Waals surface area contributed by atoms with E-state index in [1.54, 1.807) is 7.11 Å². The van der Waals surface area contributed by atoms with Gasteiger partial charge in [-0.2, -0.15) is 0 Å². The molecular weight excluding hydrogens is 176 g/mol. The van der Waals surface area contributed by atoms with Crippen LogP contribution in [0.3, 0.4) is 0 Å². The first-order chi connectivity index (χ1) is 6.77. The van der Waals surface area contributed by atoms with Crippen LogP contribution in [0.2, 0.25) is 0 Å². The van der Waals surface area contributed by atoms with Gasteiger partial charge in [0, 0.05) is 39.3 Å². The van der Waals surface area contributed by atoms with Crippen LogP contribution >= 0.6 is 0 Å². The fraction of sp³-hybridized carbons (Fsp3) is 1.00. The third-order valence-corrected chi connectivity index (χ3v) is 3.23. The lowest BCUT2D eigenvalue weighted by atomic mass is 9.97. The van der Waals surface area contributed by atoms with Crippen molar-refractivity contribution in [3.05, 3.63) is 0 Å². The fourth-order valence-corrected chi connectivity index (χ4v) is 1.93. The average molecular weight is 200 g/mol. The van der Waals surface area contributed by atoms with Gasteiger partial charge in [-0.1, -0.05) is 20.3 Å². The van der Waals surface area contributed by atoms with Crippen LogP contribution in [0.15, 0.2) is 0 Å². The second-order valence-corrected chi connectivity index (χ2v) is 4.24. The Morgan fingerprint density at radius 1 is 1.57 bits per heavy atom. The van der Waals surface area contributed by atoms with E-state index in [-0.39, 0.29) is 0 Å². The van der Waals surface area contributed by atoms with Gasteiger partial charge < -0.3 is 10.1 Å². The molecule has 14 heavy (non-hydrogen) atoms. The highest BCUT2D eigenvalue weighted by Gasteiger charge is 2.22. The maximum Gasteiger partial charge on any atom is 0.0589 e. The summed E-state index contributed by atoms with van der Waals surface area (Å²) in [6, 6.07) is 0.672. The van der Waals surface area contributed by atoms with Gasteiger partial charge in [-0.05, 0) is 5.92 Å². The number of ether oxygens (including phenoxy) is 1. The predicted octanol–water partition coefficient (Wildman–Crippen LogP) is 0.953. The highest BCUT2D eigenvalue weighted by Crippen LogP contribution is 2.11. The van der Waals surface area contributed by atoms with Gasteiger partial charge in [-0.3, -0.25) is 4.90 Å². The third kappa shape index (κ3) is 3.56. The lowest BCUT2D eigenvalue weighted by Crippen LogP contribution is -2.53. The van der Waals surface area contributed by atoms with Crippen molar-refractivity contribution in [3.63, 3.8) is 0 Å². The van der Waals surface area contributed by atoms with E-state index in [1.165, 1.54) is 13.0 Å². The Morgan fingerprint density at radius 2 is 2.36 bits per heavy atom. The normalized spacial score (nSPS) is 26.4. The zero-order valence-corrected chi connectivity index (χ0v) is 9.75. The molecule has 1 saturated heterocycles. The summed E-state index contributed by atoms with van der Waals surface area (Å²) in [5, 5.41) is 3.59. The van der Waals surface area contributed by atoms with Gasteiger partial charge in [0.1, 0.15) is 0 Å². The largest absolute Gasteiger partial charge is 0.383 e. The molecule has 1 fully saturated rings. The van der Waals surface area contributed by atoms with Gasteiger partial charge in [-0.25, -0.2) is 0 Å². The van der Waals surface area contributed by atoms with Crippen molar-refractivity contribution < 1.29 is 4.74 Å². The second kappa shape index (κ2) is 6.38. The molecule has 1 heterocycles. The van der Waals surface area contributed by atoms with Crippen LogP contribution in [0, 0.1) is 5.92 Å². The molecule has 0 spiro atoms. The summed E-state index contributed by atoms with van der Waals surface area (Å²) in [5.41, 5.74) is 0. The molecular formula is C11H24N2O. The van der Waals surface area contributed by atoms with Crippen molar-refractivity contribution in [1.82, 2.24) is 10.2 Å². The van der Waals surface area contributed by atoms with Gasteiger partial charge in [0.25, 0.3) is 0 Å². The topological polar surface area (TPSA) is 24.5 Å². The first-order valence-corrected chi connectivity index (χ1v) is 5.72. The Hall–Kier alpha value is -0.120. The number of hydrogen-bond acceptors (Lipinski definition) is 3. The molecule has 3 nitrogen and oxygen atoms in total. The average Bonchev–Trinajstić information content (AvgIpc) is 2.25. The minimum atomic E-state index is 0.672. The summed E-state index contributed by atoms with van der Waals surface area (Å²) in [5.74, 6) is 0.778. The molecule has 1 aliphatic rings. The highest BCUT2D eigenvalue weighted by molar-refractivity contribution is 4.81.